The third-order valence-electron chi connectivity index (χ3n) is 2.40. The van der Waals surface area contributed by atoms with E-state index in [4.69, 9.17) is 4.74 Å². The lowest BCUT2D eigenvalue weighted by molar-refractivity contribution is 0.00546. The molecule has 2 rings (SSSR count). The van der Waals surface area contributed by atoms with Crippen molar-refractivity contribution in [3.63, 3.8) is 0 Å². The number of ether oxygens (including phenoxy) is 1. The van der Waals surface area contributed by atoms with Crippen molar-refractivity contribution in [1.29, 1.82) is 0 Å². The van der Waals surface area contributed by atoms with Crippen molar-refractivity contribution in [1.82, 2.24) is 9.61 Å². The summed E-state index contributed by atoms with van der Waals surface area (Å²) in [6.07, 6.45) is 3.04. The smallest absolute Gasteiger partial charge is 0.106 e. The number of pyridine rings is 1. The number of fused-ring (bicyclic) bond motifs is 1. The molecule has 86 valence electrons. The fourth-order valence-corrected chi connectivity index (χ4v) is 1.58. The molecule has 0 amide bonds. The number of aliphatic hydroxyl groups excluding tert-OH is 1. The molecule has 0 aromatic carbocycles. The van der Waals surface area contributed by atoms with Gasteiger partial charge >= 0.3 is 0 Å². The molecular formula is C12H16N2O2. The van der Waals surface area contributed by atoms with Gasteiger partial charge in [-0.3, -0.25) is 0 Å². The Morgan fingerprint density at radius 3 is 3.00 bits per heavy atom. The Bertz CT molecular complexity index is 465. The van der Waals surface area contributed by atoms with Crippen LogP contribution < -0.4 is 0 Å². The Morgan fingerprint density at radius 2 is 2.25 bits per heavy atom. The van der Waals surface area contributed by atoms with Gasteiger partial charge in [0.1, 0.15) is 6.10 Å². The number of hydrogen-bond acceptors (Lipinski definition) is 3. The molecule has 0 aliphatic carbocycles. The molecule has 0 spiro atoms. The minimum atomic E-state index is -0.623. The molecule has 2 aromatic heterocycles. The molecular weight excluding hydrogens is 204 g/mol. The molecule has 4 nitrogen and oxygen atoms in total. The average molecular weight is 220 g/mol. The van der Waals surface area contributed by atoms with Gasteiger partial charge in [0.15, 0.2) is 0 Å². The van der Waals surface area contributed by atoms with Crippen molar-refractivity contribution in [2.75, 3.05) is 6.61 Å². The molecule has 16 heavy (non-hydrogen) atoms. The zero-order valence-electron chi connectivity index (χ0n) is 9.50. The van der Waals surface area contributed by atoms with Crippen molar-refractivity contribution in [3.8, 4) is 0 Å². The highest BCUT2D eigenvalue weighted by Gasteiger charge is 2.13. The highest BCUT2D eigenvalue weighted by atomic mass is 16.5. The van der Waals surface area contributed by atoms with Gasteiger partial charge in [-0.05, 0) is 26.0 Å². The second-order valence-corrected chi connectivity index (χ2v) is 4.03. The van der Waals surface area contributed by atoms with Gasteiger partial charge in [-0.15, -0.1) is 0 Å². The fraction of sp³-hybridized carbons (Fsp3) is 0.417. The van der Waals surface area contributed by atoms with Crippen molar-refractivity contribution in [3.05, 3.63) is 36.2 Å². The van der Waals surface area contributed by atoms with Crippen LogP contribution in [0.1, 0.15) is 25.5 Å². The lowest BCUT2D eigenvalue weighted by atomic mass is 10.1. The molecule has 0 saturated carbocycles. The highest BCUT2D eigenvalue weighted by Crippen LogP contribution is 2.19. The van der Waals surface area contributed by atoms with Crippen LogP contribution in [-0.4, -0.2) is 27.4 Å². The fourth-order valence-electron chi connectivity index (χ4n) is 1.58. The first-order chi connectivity index (χ1) is 7.68. The third-order valence-corrected chi connectivity index (χ3v) is 2.40. The van der Waals surface area contributed by atoms with E-state index in [2.05, 4.69) is 5.10 Å². The molecule has 1 unspecified atom stereocenters. The summed E-state index contributed by atoms with van der Waals surface area (Å²) < 4.78 is 7.13. The standard InChI is InChI=1S/C12H16N2O2/c1-9(2)16-8-12(15)10-7-13-14-6-4-3-5-11(10)14/h3-7,9,12,15H,8H2,1-2H3. The van der Waals surface area contributed by atoms with Crippen molar-refractivity contribution < 1.29 is 9.84 Å². The third kappa shape index (κ3) is 2.23. The molecule has 2 heterocycles. The van der Waals surface area contributed by atoms with Gasteiger partial charge in [-0.1, -0.05) is 6.07 Å². The monoisotopic (exact) mass is 220 g/mol. The quantitative estimate of drug-likeness (QED) is 0.854. The summed E-state index contributed by atoms with van der Waals surface area (Å²) >= 11 is 0. The van der Waals surface area contributed by atoms with Gasteiger partial charge < -0.3 is 9.84 Å². The SMILES string of the molecule is CC(C)OCC(O)c1cnn2ccccc12. The van der Waals surface area contributed by atoms with E-state index in [1.54, 1.807) is 10.7 Å². The molecule has 0 aliphatic rings. The van der Waals surface area contributed by atoms with Crippen LogP contribution >= 0.6 is 0 Å². The van der Waals surface area contributed by atoms with Gasteiger partial charge in [-0.2, -0.15) is 5.10 Å². The van der Waals surface area contributed by atoms with E-state index in [0.717, 1.165) is 11.1 Å². The maximum Gasteiger partial charge on any atom is 0.106 e. The molecule has 2 aromatic rings. The molecule has 0 fully saturated rings. The van der Waals surface area contributed by atoms with Crippen molar-refractivity contribution >= 4 is 5.52 Å². The van der Waals surface area contributed by atoms with E-state index in [1.165, 1.54) is 0 Å². The first kappa shape index (κ1) is 11.1. The van der Waals surface area contributed by atoms with E-state index in [9.17, 15) is 5.11 Å². The van der Waals surface area contributed by atoms with Crippen LogP contribution in [0.25, 0.3) is 5.52 Å². The number of aliphatic hydroxyl groups is 1. The Balaban J connectivity index is 2.19. The molecule has 1 atom stereocenters. The minimum Gasteiger partial charge on any atom is -0.386 e. The van der Waals surface area contributed by atoms with Gasteiger partial charge in [0, 0.05) is 11.8 Å². The van der Waals surface area contributed by atoms with Crippen LogP contribution in [0.2, 0.25) is 0 Å². The summed E-state index contributed by atoms with van der Waals surface area (Å²) in [4.78, 5) is 0. The van der Waals surface area contributed by atoms with E-state index in [0.29, 0.717) is 6.61 Å². The van der Waals surface area contributed by atoms with Crippen molar-refractivity contribution in [2.45, 2.75) is 26.1 Å². The van der Waals surface area contributed by atoms with Crippen LogP contribution in [0.3, 0.4) is 0 Å². The first-order valence-corrected chi connectivity index (χ1v) is 5.40. The Hall–Kier alpha value is -1.39. The summed E-state index contributed by atoms with van der Waals surface area (Å²) in [5.74, 6) is 0. The van der Waals surface area contributed by atoms with E-state index in [1.807, 2.05) is 38.2 Å². The molecule has 4 heteroatoms. The zero-order chi connectivity index (χ0) is 11.5. The Kier molecular flexibility index (Phi) is 3.22. The second kappa shape index (κ2) is 4.63. The highest BCUT2D eigenvalue weighted by molar-refractivity contribution is 5.54. The molecule has 1 N–H and O–H groups in total. The van der Waals surface area contributed by atoms with Gasteiger partial charge in [-0.25, -0.2) is 4.52 Å². The Labute approximate surface area is 94.5 Å². The minimum absolute atomic E-state index is 0.122. The Morgan fingerprint density at radius 1 is 1.44 bits per heavy atom. The molecule has 0 saturated heterocycles. The van der Waals surface area contributed by atoms with Crippen LogP contribution in [0.4, 0.5) is 0 Å². The van der Waals surface area contributed by atoms with E-state index < -0.39 is 6.10 Å². The molecule has 0 aliphatic heterocycles. The van der Waals surface area contributed by atoms with Crippen LogP contribution in [0.15, 0.2) is 30.6 Å². The zero-order valence-corrected chi connectivity index (χ0v) is 9.50. The normalized spacial score (nSPS) is 13.5. The summed E-state index contributed by atoms with van der Waals surface area (Å²) in [5, 5.41) is 14.1. The van der Waals surface area contributed by atoms with Gasteiger partial charge in [0.2, 0.25) is 0 Å². The van der Waals surface area contributed by atoms with Crippen LogP contribution in [0, 0.1) is 0 Å². The second-order valence-electron chi connectivity index (χ2n) is 4.03. The summed E-state index contributed by atoms with van der Waals surface area (Å²) in [6, 6.07) is 5.76. The lowest BCUT2D eigenvalue weighted by Crippen LogP contribution is -2.11. The predicted octanol–water partition coefficient (Wildman–Crippen LogP) is 1.79. The number of rotatable bonds is 4. The number of hydrogen-bond donors (Lipinski definition) is 1. The van der Waals surface area contributed by atoms with Crippen molar-refractivity contribution in [2.24, 2.45) is 0 Å². The predicted molar refractivity (Wildman–Crippen MR) is 61.2 cm³/mol. The summed E-state index contributed by atoms with van der Waals surface area (Å²) in [6.45, 7) is 4.19. The van der Waals surface area contributed by atoms with E-state index >= 15 is 0 Å². The maximum absolute atomic E-state index is 9.98. The van der Waals surface area contributed by atoms with Gasteiger partial charge in [0.05, 0.1) is 24.4 Å². The first-order valence-electron chi connectivity index (χ1n) is 5.40. The number of aromatic nitrogens is 2. The molecule has 0 bridgehead atoms. The van der Waals surface area contributed by atoms with Crippen LogP contribution in [0.5, 0.6) is 0 Å². The maximum atomic E-state index is 9.98. The lowest BCUT2D eigenvalue weighted by Gasteiger charge is -2.12. The summed E-state index contributed by atoms with van der Waals surface area (Å²) in [5.41, 5.74) is 1.73. The van der Waals surface area contributed by atoms with Gasteiger partial charge in [0.25, 0.3) is 0 Å². The number of nitrogens with zero attached hydrogens (tertiary/aromatic N) is 2. The van der Waals surface area contributed by atoms with E-state index in [-0.39, 0.29) is 6.10 Å². The molecule has 0 radical (unpaired) electrons. The van der Waals surface area contributed by atoms with Crippen LogP contribution in [-0.2, 0) is 4.74 Å². The summed E-state index contributed by atoms with van der Waals surface area (Å²) in [7, 11) is 0. The largest absolute Gasteiger partial charge is 0.386 e. The topological polar surface area (TPSA) is 46.8 Å². The average Bonchev–Trinajstić information content (AvgIpc) is 2.69.